The Balaban J connectivity index is 1.94. The lowest BCUT2D eigenvalue weighted by Gasteiger charge is -2.06. The van der Waals surface area contributed by atoms with Crippen molar-refractivity contribution in [1.82, 2.24) is 4.98 Å². The van der Waals surface area contributed by atoms with E-state index in [0.717, 1.165) is 17.8 Å². The molecule has 2 rings (SSSR count). The molecule has 0 unspecified atom stereocenters. The second-order valence-electron chi connectivity index (χ2n) is 3.43. The number of para-hydroxylation sites is 1. The van der Waals surface area contributed by atoms with Gasteiger partial charge in [-0.15, -0.1) is 0 Å². The van der Waals surface area contributed by atoms with E-state index in [-0.39, 0.29) is 0 Å². The number of rotatable bonds is 4. The van der Waals surface area contributed by atoms with Crippen LogP contribution < -0.4 is 10.1 Å². The van der Waals surface area contributed by atoms with Crippen molar-refractivity contribution in [3.8, 4) is 5.88 Å². The summed E-state index contributed by atoms with van der Waals surface area (Å²) in [4.78, 5) is 4.15. The van der Waals surface area contributed by atoms with Crippen LogP contribution in [0, 0.1) is 0 Å². The zero-order chi connectivity index (χ0) is 11.2. The Morgan fingerprint density at radius 2 is 1.94 bits per heavy atom. The normalized spacial score (nSPS) is 9.81. The van der Waals surface area contributed by atoms with Crippen molar-refractivity contribution in [3.63, 3.8) is 0 Å². The van der Waals surface area contributed by atoms with Crippen LogP contribution in [0.15, 0.2) is 48.7 Å². The molecule has 1 N–H and O–H groups in total. The minimum atomic E-state index is 0.642. The number of anilines is 1. The highest BCUT2D eigenvalue weighted by Crippen LogP contribution is 2.10. The van der Waals surface area contributed by atoms with E-state index in [9.17, 15) is 0 Å². The number of nitrogens with zero attached hydrogens (tertiary/aromatic N) is 1. The summed E-state index contributed by atoms with van der Waals surface area (Å²) < 4.78 is 5.00. The van der Waals surface area contributed by atoms with Crippen molar-refractivity contribution < 1.29 is 4.74 Å². The van der Waals surface area contributed by atoms with Gasteiger partial charge in [0.1, 0.15) is 0 Å². The lowest BCUT2D eigenvalue weighted by Crippen LogP contribution is -1.99. The van der Waals surface area contributed by atoms with Gasteiger partial charge < -0.3 is 10.1 Å². The Hall–Kier alpha value is -2.03. The predicted molar refractivity (Wildman–Crippen MR) is 64.6 cm³/mol. The van der Waals surface area contributed by atoms with Crippen LogP contribution >= 0.6 is 0 Å². The van der Waals surface area contributed by atoms with Gasteiger partial charge >= 0.3 is 0 Å². The third-order valence-electron chi connectivity index (χ3n) is 2.28. The highest BCUT2D eigenvalue weighted by molar-refractivity contribution is 5.43. The van der Waals surface area contributed by atoms with Gasteiger partial charge in [-0.25, -0.2) is 4.98 Å². The highest BCUT2D eigenvalue weighted by atomic mass is 16.5. The van der Waals surface area contributed by atoms with E-state index in [0.29, 0.717) is 5.88 Å². The van der Waals surface area contributed by atoms with Crippen molar-refractivity contribution in [2.75, 3.05) is 12.4 Å². The van der Waals surface area contributed by atoms with Gasteiger partial charge in [0, 0.05) is 24.5 Å². The van der Waals surface area contributed by atoms with Crippen molar-refractivity contribution >= 4 is 5.69 Å². The molecule has 1 aromatic heterocycles. The van der Waals surface area contributed by atoms with Crippen molar-refractivity contribution in [3.05, 3.63) is 54.2 Å². The molecule has 0 saturated carbocycles. The lowest BCUT2D eigenvalue weighted by molar-refractivity contribution is 0.397. The zero-order valence-corrected chi connectivity index (χ0v) is 9.18. The molecule has 16 heavy (non-hydrogen) atoms. The van der Waals surface area contributed by atoms with Crippen molar-refractivity contribution in [1.29, 1.82) is 0 Å². The largest absolute Gasteiger partial charge is 0.481 e. The van der Waals surface area contributed by atoms with E-state index in [2.05, 4.69) is 10.3 Å². The van der Waals surface area contributed by atoms with Gasteiger partial charge in [0.25, 0.3) is 0 Å². The summed E-state index contributed by atoms with van der Waals surface area (Å²) in [5, 5.41) is 3.32. The van der Waals surface area contributed by atoms with Gasteiger partial charge in [-0.05, 0) is 17.7 Å². The van der Waals surface area contributed by atoms with Crippen LogP contribution in [0.3, 0.4) is 0 Å². The summed E-state index contributed by atoms with van der Waals surface area (Å²) in [6.45, 7) is 0.765. The molecule has 0 atom stereocenters. The summed E-state index contributed by atoms with van der Waals surface area (Å²) in [6.07, 6.45) is 1.81. The Morgan fingerprint density at radius 1 is 1.12 bits per heavy atom. The molecule has 3 nitrogen and oxygen atoms in total. The second kappa shape index (κ2) is 5.16. The first-order valence-electron chi connectivity index (χ1n) is 5.16. The van der Waals surface area contributed by atoms with Crippen LogP contribution in [0.25, 0.3) is 0 Å². The maximum Gasteiger partial charge on any atom is 0.212 e. The molecule has 3 heteroatoms. The first-order chi connectivity index (χ1) is 7.88. The van der Waals surface area contributed by atoms with Crippen LogP contribution in [-0.2, 0) is 6.54 Å². The third kappa shape index (κ3) is 2.73. The summed E-state index contributed by atoms with van der Waals surface area (Å²) in [6, 6.07) is 14.0. The number of hydrogen-bond acceptors (Lipinski definition) is 3. The molecule has 2 aromatic rings. The number of methoxy groups -OCH3 is 1. The monoisotopic (exact) mass is 214 g/mol. The molecule has 0 aliphatic heterocycles. The molecule has 82 valence electrons. The maximum absolute atomic E-state index is 5.00. The second-order valence-corrected chi connectivity index (χ2v) is 3.43. The van der Waals surface area contributed by atoms with Gasteiger partial charge in [0.15, 0.2) is 0 Å². The first-order valence-corrected chi connectivity index (χ1v) is 5.16. The van der Waals surface area contributed by atoms with Gasteiger partial charge in [-0.2, -0.15) is 0 Å². The summed E-state index contributed by atoms with van der Waals surface area (Å²) in [5.74, 6) is 0.642. The molecule has 0 radical (unpaired) electrons. The minimum Gasteiger partial charge on any atom is -0.481 e. The maximum atomic E-state index is 5.00. The third-order valence-corrected chi connectivity index (χ3v) is 2.28. The molecule has 1 aromatic carbocycles. The van der Waals surface area contributed by atoms with E-state index in [1.54, 1.807) is 7.11 Å². The Bertz CT molecular complexity index is 425. The number of aromatic nitrogens is 1. The molecule has 0 aliphatic carbocycles. The fraction of sp³-hybridized carbons (Fsp3) is 0.154. The van der Waals surface area contributed by atoms with Crippen molar-refractivity contribution in [2.24, 2.45) is 0 Å². The van der Waals surface area contributed by atoms with E-state index in [4.69, 9.17) is 4.74 Å². The van der Waals surface area contributed by atoms with Crippen LogP contribution in [0.5, 0.6) is 5.88 Å². The average Bonchev–Trinajstić information content (AvgIpc) is 2.38. The molecule has 0 saturated heterocycles. The van der Waals surface area contributed by atoms with Crippen LogP contribution in [-0.4, -0.2) is 12.1 Å². The molecule has 0 bridgehead atoms. The Labute approximate surface area is 95.1 Å². The standard InChI is InChI=1S/C13H14N2O/c1-16-13-8-7-11(10-15-13)9-14-12-5-3-2-4-6-12/h2-8,10,14H,9H2,1H3. The molecule has 1 heterocycles. The fourth-order valence-electron chi connectivity index (χ4n) is 1.40. The Kier molecular flexibility index (Phi) is 3.38. The smallest absolute Gasteiger partial charge is 0.212 e. The van der Waals surface area contributed by atoms with E-state index >= 15 is 0 Å². The topological polar surface area (TPSA) is 34.1 Å². The predicted octanol–water partition coefficient (Wildman–Crippen LogP) is 2.70. The average molecular weight is 214 g/mol. The molecule has 0 aliphatic rings. The minimum absolute atomic E-state index is 0.642. The highest BCUT2D eigenvalue weighted by Gasteiger charge is 1.95. The number of benzene rings is 1. The van der Waals surface area contributed by atoms with Crippen LogP contribution in [0.1, 0.15) is 5.56 Å². The van der Waals surface area contributed by atoms with E-state index in [1.807, 2.05) is 48.7 Å². The fourth-order valence-corrected chi connectivity index (χ4v) is 1.40. The summed E-state index contributed by atoms with van der Waals surface area (Å²) >= 11 is 0. The molecule has 0 spiro atoms. The molecule has 0 amide bonds. The number of pyridine rings is 1. The van der Waals surface area contributed by atoms with E-state index in [1.165, 1.54) is 0 Å². The summed E-state index contributed by atoms with van der Waals surface area (Å²) in [7, 11) is 1.62. The van der Waals surface area contributed by atoms with E-state index < -0.39 is 0 Å². The summed E-state index contributed by atoms with van der Waals surface area (Å²) in [5.41, 5.74) is 2.24. The number of nitrogens with one attached hydrogen (secondary N) is 1. The first kappa shape index (κ1) is 10.5. The lowest BCUT2D eigenvalue weighted by atomic mass is 10.2. The van der Waals surface area contributed by atoms with Crippen LogP contribution in [0.2, 0.25) is 0 Å². The molecular weight excluding hydrogens is 200 g/mol. The Morgan fingerprint density at radius 3 is 2.56 bits per heavy atom. The van der Waals surface area contributed by atoms with Gasteiger partial charge in [0.05, 0.1) is 7.11 Å². The SMILES string of the molecule is COc1ccc(CNc2ccccc2)cn1. The molecule has 0 fully saturated rings. The zero-order valence-electron chi connectivity index (χ0n) is 9.18. The van der Waals surface area contributed by atoms with Crippen LogP contribution in [0.4, 0.5) is 5.69 Å². The van der Waals surface area contributed by atoms with Gasteiger partial charge in [0.2, 0.25) is 5.88 Å². The van der Waals surface area contributed by atoms with Gasteiger partial charge in [-0.3, -0.25) is 0 Å². The quantitative estimate of drug-likeness (QED) is 0.849. The van der Waals surface area contributed by atoms with Crippen molar-refractivity contribution in [2.45, 2.75) is 6.54 Å². The van der Waals surface area contributed by atoms with Gasteiger partial charge in [-0.1, -0.05) is 24.3 Å². The molecular formula is C13H14N2O. The number of ether oxygens (including phenoxy) is 1. The number of hydrogen-bond donors (Lipinski definition) is 1.